The average Bonchev–Trinajstić information content (AvgIpc) is 2.93. The molecule has 4 amide bonds. The molecule has 6 fully saturated rings. The van der Waals surface area contributed by atoms with Crippen LogP contribution in [0, 0.1) is 23.2 Å². The number of rotatable bonds is 5. The summed E-state index contributed by atoms with van der Waals surface area (Å²) in [6, 6.07) is -0.983. The maximum Gasteiger partial charge on any atom is 0.325 e. The zero-order valence-electron chi connectivity index (χ0n) is 16.8. The predicted molar refractivity (Wildman–Crippen MR) is 104 cm³/mol. The van der Waals surface area contributed by atoms with Gasteiger partial charge in [0, 0.05) is 12.6 Å². The fraction of sp³-hybridized carbons (Fsp3) is 0.864. The molecule has 0 aromatic rings. The van der Waals surface area contributed by atoms with Crippen molar-refractivity contribution >= 4 is 17.8 Å². The van der Waals surface area contributed by atoms with Gasteiger partial charge in [-0.15, -0.1) is 0 Å². The average molecular weight is 388 g/mol. The molecular weight excluding hydrogens is 354 g/mol. The third kappa shape index (κ3) is 3.33. The minimum absolute atomic E-state index is 0.0151. The standard InChI is InChI=1S/C22H33N3O3/c26-19(23-13-22-10-14-6-15(11-22)8-16(7-14)12-22)9-18-20(27)25(21(28)24-18)17-4-2-1-3-5-17/h14-18H,1-13H2,(H,23,26)(H,24,28)/t14?,15?,16?,18-,22?/m0/s1. The van der Waals surface area contributed by atoms with Crippen molar-refractivity contribution in [2.24, 2.45) is 23.2 Å². The zero-order chi connectivity index (χ0) is 19.3. The number of nitrogens with zero attached hydrogens (tertiary/aromatic N) is 1. The van der Waals surface area contributed by atoms with Gasteiger partial charge in [0.05, 0.1) is 6.42 Å². The predicted octanol–water partition coefficient (Wildman–Crippen LogP) is 2.96. The Labute approximate surface area is 167 Å². The van der Waals surface area contributed by atoms with Crippen LogP contribution in [0.1, 0.15) is 77.0 Å². The summed E-state index contributed by atoms with van der Waals surface area (Å²) >= 11 is 0. The lowest BCUT2D eigenvalue weighted by Crippen LogP contribution is -2.51. The molecule has 6 aliphatic rings. The first-order valence-corrected chi connectivity index (χ1v) is 11.4. The van der Waals surface area contributed by atoms with E-state index in [1.807, 2.05) is 0 Å². The minimum Gasteiger partial charge on any atom is -0.355 e. The van der Waals surface area contributed by atoms with Crippen molar-refractivity contribution in [3.63, 3.8) is 0 Å². The van der Waals surface area contributed by atoms with E-state index in [2.05, 4.69) is 10.6 Å². The number of amides is 4. The largest absolute Gasteiger partial charge is 0.355 e. The van der Waals surface area contributed by atoms with Crippen LogP contribution in [0.25, 0.3) is 0 Å². The molecule has 0 spiro atoms. The van der Waals surface area contributed by atoms with Crippen molar-refractivity contribution in [1.29, 1.82) is 0 Å². The summed E-state index contributed by atoms with van der Waals surface area (Å²) in [5, 5.41) is 5.89. The number of hydrogen-bond acceptors (Lipinski definition) is 3. The quantitative estimate of drug-likeness (QED) is 0.712. The second-order valence-corrected chi connectivity index (χ2v) is 10.4. The zero-order valence-corrected chi connectivity index (χ0v) is 16.8. The first-order valence-electron chi connectivity index (χ1n) is 11.4. The highest BCUT2D eigenvalue weighted by Gasteiger charge is 2.51. The highest BCUT2D eigenvalue weighted by Crippen LogP contribution is 2.59. The van der Waals surface area contributed by atoms with Gasteiger partial charge in [0.2, 0.25) is 5.91 Å². The Kier molecular flexibility index (Phi) is 4.63. The molecule has 6 nitrogen and oxygen atoms in total. The van der Waals surface area contributed by atoms with Crippen molar-refractivity contribution in [3.8, 4) is 0 Å². The molecule has 6 heteroatoms. The van der Waals surface area contributed by atoms with Crippen molar-refractivity contribution < 1.29 is 14.4 Å². The van der Waals surface area contributed by atoms with Crippen LogP contribution in [0.2, 0.25) is 0 Å². The van der Waals surface area contributed by atoms with Gasteiger partial charge in [-0.2, -0.15) is 0 Å². The summed E-state index contributed by atoms with van der Waals surface area (Å²) in [7, 11) is 0. The molecule has 1 saturated heterocycles. The Balaban J connectivity index is 1.15. The number of carbonyl (C=O) groups excluding carboxylic acids is 3. The first-order chi connectivity index (χ1) is 13.5. The first kappa shape index (κ1) is 18.4. The van der Waals surface area contributed by atoms with E-state index < -0.39 is 6.04 Å². The molecule has 4 bridgehead atoms. The summed E-state index contributed by atoms with van der Waals surface area (Å²) in [5.74, 6) is 2.29. The summed E-state index contributed by atoms with van der Waals surface area (Å²) in [6.07, 6.45) is 13.1. The molecule has 5 saturated carbocycles. The minimum atomic E-state index is -0.689. The second kappa shape index (κ2) is 7.03. The number of imide groups is 1. The van der Waals surface area contributed by atoms with Gasteiger partial charge < -0.3 is 10.6 Å². The van der Waals surface area contributed by atoms with Crippen molar-refractivity contribution in [2.45, 2.75) is 89.1 Å². The molecule has 0 unspecified atom stereocenters. The van der Waals surface area contributed by atoms with Gasteiger partial charge >= 0.3 is 6.03 Å². The van der Waals surface area contributed by atoms with Gasteiger partial charge in [-0.3, -0.25) is 14.5 Å². The molecule has 154 valence electrons. The summed E-state index contributed by atoms with van der Waals surface area (Å²) < 4.78 is 0. The van der Waals surface area contributed by atoms with Crippen LogP contribution in [-0.2, 0) is 9.59 Å². The lowest BCUT2D eigenvalue weighted by Gasteiger charge is -2.56. The van der Waals surface area contributed by atoms with E-state index in [1.54, 1.807) is 0 Å². The van der Waals surface area contributed by atoms with E-state index in [9.17, 15) is 14.4 Å². The number of carbonyl (C=O) groups is 3. The van der Waals surface area contributed by atoms with Crippen molar-refractivity contribution in [3.05, 3.63) is 0 Å². The van der Waals surface area contributed by atoms with Crippen molar-refractivity contribution in [2.75, 3.05) is 6.54 Å². The number of hydrogen-bond donors (Lipinski definition) is 2. The van der Waals surface area contributed by atoms with Gasteiger partial charge in [0.25, 0.3) is 5.91 Å². The lowest BCUT2D eigenvalue weighted by molar-refractivity contribution is -0.132. The van der Waals surface area contributed by atoms with Gasteiger partial charge in [0.15, 0.2) is 0 Å². The highest BCUT2D eigenvalue weighted by molar-refractivity contribution is 6.06. The highest BCUT2D eigenvalue weighted by atomic mass is 16.2. The maximum atomic E-state index is 12.7. The van der Waals surface area contributed by atoms with Crippen LogP contribution in [0.3, 0.4) is 0 Å². The summed E-state index contributed by atoms with van der Waals surface area (Å²) in [6.45, 7) is 0.747. The molecule has 0 aromatic heterocycles. The van der Waals surface area contributed by atoms with Crippen LogP contribution >= 0.6 is 0 Å². The molecule has 5 aliphatic carbocycles. The Morgan fingerprint density at radius 2 is 1.61 bits per heavy atom. The number of urea groups is 1. The fourth-order valence-corrected chi connectivity index (χ4v) is 7.42. The van der Waals surface area contributed by atoms with Gasteiger partial charge in [-0.25, -0.2) is 4.79 Å². The van der Waals surface area contributed by atoms with E-state index >= 15 is 0 Å². The summed E-state index contributed by atoms with van der Waals surface area (Å²) in [4.78, 5) is 39.1. The molecular formula is C22H33N3O3. The van der Waals surface area contributed by atoms with Gasteiger partial charge in [-0.05, 0) is 74.5 Å². The topological polar surface area (TPSA) is 78.5 Å². The van der Waals surface area contributed by atoms with Gasteiger partial charge in [-0.1, -0.05) is 19.3 Å². The second-order valence-electron chi connectivity index (χ2n) is 10.4. The van der Waals surface area contributed by atoms with Gasteiger partial charge in [0.1, 0.15) is 6.04 Å². The molecule has 0 aromatic carbocycles. The smallest absolute Gasteiger partial charge is 0.325 e. The fourth-order valence-electron chi connectivity index (χ4n) is 7.42. The van der Waals surface area contributed by atoms with E-state index in [0.29, 0.717) is 5.41 Å². The molecule has 0 radical (unpaired) electrons. The van der Waals surface area contributed by atoms with Crippen LogP contribution in [-0.4, -0.2) is 41.4 Å². The maximum absolute atomic E-state index is 12.7. The lowest BCUT2D eigenvalue weighted by atomic mass is 9.49. The van der Waals surface area contributed by atoms with Crippen LogP contribution in [0.15, 0.2) is 0 Å². The number of nitrogens with one attached hydrogen (secondary N) is 2. The molecule has 1 aliphatic heterocycles. The van der Waals surface area contributed by atoms with E-state index in [-0.39, 0.29) is 30.3 Å². The van der Waals surface area contributed by atoms with Crippen LogP contribution in [0.5, 0.6) is 0 Å². The Bertz CT molecular complexity index is 635. The Hall–Kier alpha value is -1.59. The van der Waals surface area contributed by atoms with Crippen LogP contribution in [0.4, 0.5) is 4.79 Å². The molecule has 1 atom stereocenters. The Morgan fingerprint density at radius 3 is 2.21 bits per heavy atom. The molecule has 2 N–H and O–H groups in total. The van der Waals surface area contributed by atoms with Crippen molar-refractivity contribution in [1.82, 2.24) is 15.5 Å². The monoisotopic (exact) mass is 387 g/mol. The Morgan fingerprint density at radius 1 is 1.00 bits per heavy atom. The summed E-state index contributed by atoms with van der Waals surface area (Å²) in [5.41, 5.74) is 0.293. The SMILES string of the molecule is O=C(C[C@@H]1NC(=O)N(C2CCCCC2)C1=O)NCC12CC3CC(CC(C3)C1)C2. The third-order valence-corrected chi connectivity index (χ3v) is 8.21. The van der Waals surface area contributed by atoms with E-state index in [1.165, 1.54) is 49.8 Å². The normalized spacial score (nSPS) is 40.1. The third-order valence-electron chi connectivity index (χ3n) is 8.21. The van der Waals surface area contributed by atoms with Crippen LogP contribution < -0.4 is 10.6 Å². The molecule has 1 heterocycles. The molecule has 6 rings (SSSR count). The molecule has 28 heavy (non-hydrogen) atoms. The van der Waals surface area contributed by atoms with E-state index in [4.69, 9.17) is 0 Å². The van der Waals surface area contributed by atoms with E-state index in [0.717, 1.165) is 50.0 Å².